The molecule has 1 aromatic heterocycles. The summed E-state index contributed by atoms with van der Waals surface area (Å²) in [5.41, 5.74) is 7.87. The molecule has 0 bridgehead atoms. The Morgan fingerprint density at radius 3 is 2.32 bits per heavy atom. The molecule has 0 aliphatic heterocycles. The van der Waals surface area contributed by atoms with Crippen LogP contribution in [0.25, 0.3) is 0 Å². The highest BCUT2D eigenvalue weighted by atomic mass is 16.1. The number of carbonyl (C=O) groups is 2. The van der Waals surface area contributed by atoms with Crippen LogP contribution in [-0.2, 0) is 6.54 Å². The minimum atomic E-state index is -0.473. The summed E-state index contributed by atoms with van der Waals surface area (Å²) in [6, 6.07) is 0. The summed E-state index contributed by atoms with van der Waals surface area (Å²) >= 11 is 0. The molecule has 0 fully saturated rings. The number of aldehydes is 1. The lowest BCUT2D eigenvalue weighted by molar-refractivity contribution is 0.0999. The fourth-order valence-electron chi connectivity index (χ4n) is 2.50. The van der Waals surface area contributed by atoms with Crippen molar-refractivity contribution in [2.75, 3.05) is 19.6 Å². The highest BCUT2D eigenvalue weighted by molar-refractivity contribution is 5.98. The summed E-state index contributed by atoms with van der Waals surface area (Å²) in [6.45, 7) is 11.3. The standard InChI is InChI=1S/C14H23N3O2/c1-5-16(6-2)7-8-17-11(4)13(14(15)19)10(3)12(17)9-18/h9H,5-8H2,1-4H3,(H2,15,19). The average molecular weight is 265 g/mol. The molecule has 1 aromatic rings. The second-order valence-electron chi connectivity index (χ2n) is 4.63. The lowest BCUT2D eigenvalue weighted by Crippen LogP contribution is -2.27. The van der Waals surface area contributed by atoms with Gasteiger partial charge in [-0.05, 0) is 32.5 Å². The molecule has 5 nitrogen and oxygen atoms in total. The van der Waals surface area contributed by atoms with Gasteiger partial charge in [0.2, 0.25) is 0 Å². The Labute approximate surface area is 114 Å². The van der Waals surface area contributed by atoms with Crippen LogP contribution in [0.15, 0.2) is 0 Å². The second kappa shape index (κ2) is 6.52. The number of rotatable bonds is 7. The number of nitrogens with zero attached hydrogens (tertiary/aromatic N) is 2. The molecule has 0 unspecified atom stereocenters. The molecule has 0 atom stereocenters. The molecular weight excluding hydrogens is 242 g/mol. The van der Waals surface area contributed by atoms with Gasteiger partial charge in [0.1, 0.15) is 0 Å². The van der Waals surface area contributed by atoms with E-state index in [1.807, 2.05) is 11.5 Å². The monoisotopic (exact) mass is 265 g/mol. The first kappa shape index (κ1) is 15.4. The summed E-state index contributed by atoms with van der Waals surface area (Å²) in [7, 11) is 0. The number of likely N-dealkylation sites (N-methyl/N-ethyl adjacent to an activating group) is 1. The molecule has 2 N–H and O–H groups in total. The van der Waals surface area contributed by atoms with Gasteiger partial charge < -0.3 is 15.2 Å². The van der Waals surface area contributed by atoms with Crippen molar-refractivity contribution in [3.05, 3.63) is 22.5 Å². The maximum Gasteiger partial charge on any atom is 0.250 e. The molecule has 0 aliphatic rings. The molecule has 0 saturated heterocycles. The molecule has 0 aromatic carbocycles. The molecule has 5 heteroatoms. The van der Waals surface area contributed by atoms with Crippen LogP contribution in [0, 0.1) is 13.8 Å². The first-order valence-electron chi connectivity index (χ1n) is 6.64. The van der Waals surface area contributed by atoms with Crippen molar-refractivity contribution in [3.63, 3.8) is 0 Å². The zero-order valence-corrected chi connectivity index (χ0v) is 12.2. The van der Waals surface area contributed by atoms with Crippen LogP contribution in [0.2, 0.25) is 0 Å². The Hall–Kier alpha value is -1.62. The van der Waals surface area contributed by atoms with E-state index in [-0.39, 0.29) is 0 Å². The molecule has 1 heterocycles. The van der Waals surface area contributed by atoms with E-state index in [1.165, 1.54) is 0 Å². The average Bonchev–Trinajstić information content (AvgIpc) is 2.61. The lowest BCUT2D eigenvalue weighted by atomic mass is 10.1. The maximum absolute atomic E-state index is 11.5. The number of aromatic nitrogens is 1. The van der Waals surface area contributed by atoms with E-state index >= 15 is 0 Å². The third-order valence-electron chi connectivity index (χ3n) is 3.71. The maximum atomic E-state index is 11.5. The van der Waals surface area contributed by atoms with E-state index in [1.54, 1.807) is 6.92 Å². The first-order chi connectivity index (χ1) is 8.97. The summed E-state index contributed by atoms with van der Waals surface area (Å²) in [5, 5.41) is 0. The third kappa shape index (κ3) is 3.04. The molecular formula is C14H23N3O2. The quantitative estimate of drug-likeness (QED) is 0.757. The fraction of sp³-hybridized carbons (Fsp3) is 0.571. The molecule has 0 spiro atoms. The van der Waals surface area contributed by atoms with Crippen LogP contribution < -0.4 is 5.73 Å². The van der Waals surface area contributed by atoms with Crippen molar-refractivity contribution in [3.8, 4) is 0 Å². The third-order valence-corrected chi connectivity index (χ3v) is 3.71. The Balaban J connectivity index is 3.10. The molecule has 1 rings (SSSR count). The van der Waals surface area contributed by atoms with E-state index in [0.717, 1.165) is 31.6 Å². The Morgan fingerprint density at radius 2 is 1.89 bits per heavy atom. The largest absolute Gasteiger partial charge is 0.366 e. The van der Waals surface area contributed by atoms with E-state index in [9.17, 15) is 9.59 Å². The molecule has 0 aliphatic carbocycles. The highest BCUT2D eigenvalue weighted by Gasteiger charge is 2.20. The van der Waals surface area contributed by atoms with Crippen LogP contribution in [-0.4, -0.2) is 41.3 Å². The van der Waals surface area contributed by atoms with Crippen molar-refractivity contribution in [1.29, 1.82) is 0 Å². The van der Waals surface area contributed by atoms with Gasteiger partial charge in [-0.25, -0.2) is 0 Å². The zero-order chi connectivity index (χ0) is 14.6. The van der Waals surface area contributed by atoms with Gasteiger partial charge in [0, 0.05) is 18.8 Å². The van der Waals surface area contributed by atoms with Gasteiger partial charge in [0.25, 0.3) is 5.91 Å². The summed E-state index contributed by atoms with van der Waals surface area (Å²) in [6.07, 6.45) is 0.803. The van der Waals surface area contributed by atoms with Crippen molar-refractivity contribution in [1.82, 2.24) is 9.47 Å². The van der Waals surface area contributed by atoms with Gasteiger partial charge in [-0.1, -0.05) is 13.8 Å². The van der Waals surface area contributed by atoms with Crippen molar-refractivity contribution in [2.45, 2.75) is 34.2 Å². The predicted octanol–water partition coefficient (Wildman–Crippen LogP) is 1.36. The highest BCUT2D eigenvalue weighted by Crippen LogP contribution is 2.20. The SMILES string of the molecule is CCN(CC)CCn1c(C)c(C(N)=O)c(C)c1C=O. The number of amides is 1. The second-order valence-corrected chi connectivity index (χ2v) is 4.63. The Bertz CT molecular complexity index is 474. The number of primary amides is 1. The van der Waals surface area contributed by atoms with E-state index in [2.05, 4.69) is 18.7 Å². The fourth-order valence-corrected chi connectivity index (χ4v) is 2.50. The van der Waals surface area contributed by atoms with Gasteiger partial charge >= 0.3 is 0 Å². The van der Waals surface area contributed by atoms with Crippen molar-refractivity contribution < 1.29 is 9.59 Å². The van der Waals surface area contributed by atoms with Crippen LogP contribution >= 0.6 is 0 Å². The van der Waals surface area contributed by atoms with Crippen LogP contribution in [0.5, 0.6) is 0 Å². The van der Waals surface area contributed by atoms with Crippen LogP contribution in [0.1, 0.15) is 46.0 Å². The van der Waals surface area contributed by atoms with Crippen LogP contribution in [0.4, 0.5) is 0 Å². The Morgan fingerprint density at radius 1 is 1.32 bits per heavy atom. The zero-order valence-electron chi connectivity index (χ0n) is 12.2. The van der Waals surface area contributed by atoms with Gasteiger partial charge in [-0.2, -0.15) is 0 Å². The number of hydrogen-bond acceptors (Lipinski definition) is 3. The molecule has 19 heavy (non-hydrogen) atoms. The molecule has 106 valence electrons. The number of hydrogen-bond donors (Lipinski definition) is 1. The van der Waals surface area contributed by atoms with E-state index in [0.29, 0.717) is 23.4 Å². The van der Waals surface area contributed by atoms with Gasteiger partial charge in [-0.3, -0.25) is 9.59 Å². The van der Waals surface area contributed by atoms with Crippen molar-refractivity contribution >= 4 is 12.2 Å². The minimum Gasteiger partial charge on any atom is -0.366 e. The summed E-state index contributed by atoms with van der Waals surface area (Å²) in [4.78, 5) is 25.0. The predicted molar refractivity (Wildman–Crippen MR) is 75.6 cm³/mol. The summed E-state index contributed by atoms with van der Waals surface area (Å²) < 4.78 is 1.89. The van der Waals surface area contributed by atoms with Gasteiger partial charge in [0.05, 0.1) is 11.3 Å². The molecule has 1 amide bonds. The van der Waals surface area contributed by atoms with Gasteiger partial charge in [-0.15, -0.1) is 0 Å². The molecule has 0 saturated carbocycles. The summed E-state index contributed by atoms with van der Waals surface area (Å²) in [5.74, 6) is -0.473. The normalized spacial score (nSPS) is 11.0. The lowest BCUT2D eigenvalue weighted by Gasteiger charge is -2.19. The Kier molecular flexibility index (Phi) is 5.30. The van der Waals surface area contributed by atoms with E-state index in [4.69, 9.17) is 5.73 Å². The number of carbonyl (C=O) groups excluding carboxylic acids is 2. The van der Waals surface area contributed by atoms with E-state index < -0.39 is 5.91 Å². The topological polar surface area (TPSA) is 68.3 Å². The minimum absolute atomic E-state index is 0.473. The van der Waals surface area contributed by atoms with Crippen molar-refractivity contribution in [2.24, 2.45) is 5.73 Å². The van der Waals surface area contributed by atoms with Gasteiger partial charge in [0.15, 0.2) is 6.29 Å². The van der Waals surface area contributed by atoms with Crippen LogP contribution in [0.3, 0.4) is 0 Å². The smallest absolute Gasteiger partial charge is 0.250 e. The first-order valence-corrected chi connectivity index (χ1v) is 6.64. The number of nitrogens with two attached hydrogens (primary N) is 1. The molecule has 0 radical (unpaired) electrons.